The molecule has 0 spiro atoms. The highest BCUT2D eigenvalue weighted by Crippen LogP contribution is 2.26. The van der Waals surface area contributed by atoms with Crippen LogP contribution in [0.3, 0.4) is 0 Å². The van der Waals surface area contributed by atoms with Crippen molar-refractivity contribution < 1.29 is 14.6 Å². The van der Waals surface area contributed by atoms with E-state index in [0.29, 0.717) is 24.5 Å². The molecular formula is C17H21NO3. The van der Waals surface area contributed by atoms with Gasteiger partial charge in [-0.25, -0.2) is 0 Å². The Labute approximate surface area is 125 Å². The van der Waals surface area contributed by atoms with E-state index < -0.39 is 6.10 Å². The number of benzene rings is 1. The van der Waals surface area contributed by atoms with Crippen LogP contribution in [0.1, 0.15) is 37.5 Å². The SMILES string of the molecule is CCCOc1cccc(C(O)c2cncc(OCC)c2)c1. The van der Waals surface area contributed by atoms with Gasteiger partial charge in [-0.1, -0.05) is 19.1 Å². The van der Waals surface area contributed by atoms with E-state index in [1.54, 1.807) is 18.5 Å². The third-order valence-electron chi connectivity index (χ3n) is 3.01. The summed E-state index contributed by atoms with van der Waals surface area (Å²) in [6.45, 7) is 5.21. The zero-order valence-electron chi connectivity index (χ0n) is 12.5. The molecule has 1 aromatic carbocycles. The molecule has 0 aliphatic carbocycles. The van der Waals surface area contributed by atoms with Crippen molar-refractivity contribution in [2.45, 2.75) is 26.4 Å². The molecule has 2 aromatic rings. The van der Waals surface area contributed by atoms with Crippen LogP contribution >= 0.6 is 0 Å². The van der Waals surface area contributed by atoms with Crippen molar-refractivity contribution in [3.05, 3.63) is 53.9 Å². The molecule has 1 unspecified atom stereocenters. The maximum Gasteiger partial charge on any atom is 0.137 e. The van der Waals surface area contributed by atoms with Crippen LogP contribution in [0.4, 0.5) is 0 Å². The van der Waals surface area contributed by atoms with Gasteiger partial charge in [0.05, 0.1) is 19.4 Å². The second-order valence-corrected chi connectivity index (χ2v) is 4.71. The molecule has 0 fully saturated rings. The van der Waals surface area contributed by atoms with E-state index in [1.165, 1.54) is 0 Å². The Morgan fingerprint density at radius 3 is 2.62 bits per heavy atom. The molecule has 2 rings (SSSR count). The average Bonchev–Trinajstić information content (AvgIpc) is 2.53. The molecular weight excluding hydrogens is 266 g/mol. The molecule has 0 amide bonds. The van der Waals surface area contributed by atoms with Gasteiger partial charge >= 0.3 is 0 Å². The molecule has 1 N–H and O–H groups in total. The summed E-state index contributed by atoms with van der Waals surface area (Å²) in [5, 5.41) is 10.5. The lowest BCUT2D eigenvalue weighted by Crippen LogP contribution is -2.03. The summed E-state index contributed by atoms with van der Waals surface area (Å²) in [7, 11) is 0. The molecule has 21 heavy (non-hydrogen) atoms. The molecule has 1 aromatic heterocycles. The summed E-state index contributed by atoms with van der Waals surface area (Å²) in [5.41, 5.74) is 1.48. The van der Waals surface area contributed by atoms with Crippen molar-refractivity contribution in [3.63, 3.8) is 0 Å². The first-order chi connectivity index (χ1) is 10.2. The first-order valence-electron chi connectivity index (χ1n) is 7.23. The van der Waals surface area contributed by atoms with Crippen molar-refractivity contribution in [3.8, 4) is 11.5 Å². The summed E-state index contributed by atoms with van der Waals surface area (Å²) in [5.74, 6) is 1.43. The smallest absolute Gasteiger partial charge is 0.137 e. The van der Waals surface area contributed by atoms with Crippen molar-refractivity contribution in [2.75, 3.05) is 13.2 Å². The fraction of sp³-hybridized carbons (Fsp3) is 0.353. The number of rotatable bonds is 7. The number of hydrogen-bond acceptors (Lipinski definition) is 4. The molecule has 4 nitrogen and oxygen atoms in total. The van der Waals surface area contributed by atoms with Gasteiger partial charge in [-0.3, -0.25) is 4.98 Å². The largest absolute Gasteiger partial charge is 0.494 e. The minimum Gasteiger partial charge on any atom is -0.494 e. The van der Waals surface area contributed by atoms with Crippen molar-refractivity contribution in [2.24, 2.45) is 0 Å². The Morgan fingerprint density at radius 2 is 1.86 bits per heavy atom. The zero-order valence-corrected chi connectivity index (χ0v) is 12.5. The normalized spacial score (nSPS) is 12.0. The molecule has 0 radical (unpaired) electrons. The predicted octanol–water partition coefficient (Wildman–Crippen LogP) is 3.35. The molecule has 112 valence electrons. The quantitative estimate of drug-likeness (QED) is 0.848. The van der Waals surface area contributed by atoms with Gasteiger partial charge in [-0.15, -0.1) is 0 Å². The fourth-order valence-electron chi connectivity index (χ4n) is 2.02. The summed E-state index contributed by atoms with van der Waals surface area (Å²) in [6, 6.07) is 9.30. The summed E-state index contributed by atoms with van der Waals surface area (Å²) < 4.78 is 11.0. The van der Waals surface area contributed by atoms with Gasteiger partial charge < -0.3 is 14.6 Å². The van der Waals surface area contributed by atoms with Crippen LogP contribution in [-0.2, 0) is 0 Å². The molecule has 0 aliphatic heterocycles. The maximum absolute atomic E-state index is 10.5. The third-order valence-corrected chi connectivity index (χ3v) is 3.01. The molecule has 0 saturated heterocycles. The Bertz CT molecular complexity index is 571. The van der Waals surface area contributed by atoms with Gasteiger partial charge in [0.2, 0.25) is 0 Å². The Balaban J connectivity index is 2.18. The van der Waals surface area contributed by atoms with Gasteiger partial charge in [-0.05, 0) is 37.1 Å². The van der Waals surface area contributed by atoms with Gasteiger partial charge in [0.1, 0.15) is 17.6 Å². The lowest BCUT2D eigenvalue weighted by atomic mass is 10.0. The van der Waals surface area contributed by atoms with E-state index in [1.807, 2.05) is 31.2 Å². The van der Waals surface area contributed by atoms with E-state index in [0.717, 1.165) is 17.7 Å². The lowest BCUT2D eigenvalue weighted by Gasteiger charge is -2.14. The number of aliphatic hydroxyl groups is 1. The van der Waals surface area contributed by atoms with Crippen molar-refractivity contribution in [1.29, 1.82) is 0 Å². The average molecular weight is 287 g/mol. The predicted molar refractivity (Wildman–Crippen MR) is 81.7 cm³/mol. The summed E-state index contributed by atoms with van der Waals surface area (Å²) >= 11 is 0. The maximum atomic E-state index is 10.5. The third kappa shape index (κ3) is 4.20. The van der Waals surface area contributed by atoms with Crippen LogP contribution < -0.4 is 9.47 Å². The molecule has 1 heterocycles. The number of pyridine rings is 1. The summed E-state index contributed by atoms with van der Waals surface area (Å²) in [4.78, 5) is 4.11. The van der Waals surface area contributed by atoms with Gasteiger partial charge in [-0.2, -0.15) is 0 Å². The van der Waals surface area contributed by atoms with Crippen LogP contribution in [0, 0.1) is 0 Å². The van der Waals surface area contributed by atoms with E-state index >= 15 is 0 Å². The van der Waals surface area contributed by atoms with Crippen LogP contribution in [0.15, 0.2) is 42.7 Å². The monoisotopic (exact) mass is 287 g/mol. The number of hydrogen-bond donors (Lipinski definition) is 1. The second-order valence-electron chi connectivity index (χ2n) is 4.71. The van der Waals surface area contributed by atoms with E-state index in [2.05, 4.69) is 11.9 Å². The molecule has 1 atom stereocenters. The van der Waals surface area contributed by atoms with Gasteiger partial charge in [0.25, 0.3) is 0 Å². The highest BCUT2D eigenvalue weighted by Gasteiger charge is 2.12. The van der Waals surface area contributed by atoms with Crippen LogP contribution in [0.5, 0.6) is 11.5 Å². The topological polar surface area (TPSA) is 51.6 Å². The van der Waals surface area contributed by atoms with E-state index in [-0.39, 0.29) is 0 Å². The lowest BCUT2D eigenvalue weighted by molar-refractivity contribution is 0.218. The Morgan fingerprint density at radius 1 is 1.05 bits per heavy atom. The van der Waals surface area contributed by atoms with Gasteiger partial charge in [0, 0.05) is 11.8 Å². The zero-order chi connectivity index (χ0) is 15.1. The molecule has 0 saturated carbocycles. The first-order valence-corrected chi connectivity index (χ1v) is 7.23. The van der Waals surface area contributed by atoms with E-state index in [9.17, 15) is 5.11 Å². The summed E-state index contributed by atoms with van der Waals surface area (Å²) in [6.07, 6.45) is 3.49. The Kier molecular flexibility index (Phi) is 5.58. The van der Waals surface area contributed by atoms with Crippen molar-refractivity contribution in [1.82, 2.24) is 4.98 Å². The van der Waals surface area contributed by atoms with Crippen LogP contribution in [0.25, 0.3) is 0 Å². The van der Waals surface area contributed by atoms with Crippen LogP contribution in [0.2, 0.25) is 0 Å². The fourth-order valence-corrected chi connectivity index (χ4v) is 2.02. The van der Waals surface area contributed by atoms with Gasteiger partial charge in [0.15, 0.2) is 0 Å². The molecule has 0 bridgehead atoms. The molecule has 0 aliphatic rings. The number of nitrogens with zero attached hydrogens (tertiary/aromatic N) is 1. The van der Waals surface area contributed by atoms with Crippen LogP contribution in [-0.4, -0.2) is 23.3 Å². The van der Waals surface area contributed by atoms with E-state index in [4.69, 9.17) is 9.47 Å². The highest BCUT2D eigenvalue weighted by molar-refractivity contribution is 5.36. The highest BCUT2D eigenvalue weighted by atomic mass is 16.5. The Hall–Kier alpha value is -2.07. The molecule has 4 heteroatoms. The first kappa shape index (κ1) is 15.3. The number of aromatic nitrogens is 1. The second kappa shape index (κ2) is 7.64. The minimum absolute atomic E-state index is 0.571. The number of aliphatic hydroxyl groups excluding tert-OH is 1. The van der Waals surface area contributed by atoms with Crippen molar-refractivity contribution >= 4 is 0 Å². The number of ether oxygens (including phenoxy) is 2. The standard InChI is InChI=1S/C17H21NO3/c1-3-8-21-15-7-5-6-13(9-15)17(19)14-10-16(20-4-2)12-18-11-14/h5-7,9-12,17,19H,3-4,8H2,1-2H3. The minimum atomic E-state index is -0.747.